The van der Waals surface area contributed by atoms with Crippen molar-refractivity contribution in [2.75, 3.05) is 39.3 Å². The van der Waals surface area contributed by atoms with Crippen molar-refractivity contribution < 1.29 is 14.3 Å². The van der Waals surface area contributed by atoms with Crippen LogP contribution in [-0.2, 0) is 4.79 Å². The van der Waals surface area contributed by atoms with Crippen LogP contribution in [0.2, 0.25) is 5.02 Å². The van der Waals surface area contributed by atoms with Crippen LogP contribution >= 0.6 is 11.6 Å². The zero-order chi connectivity index (χ0) is 17.1. The van der Waals surface area contributed by atoms with Gasteiger partial charge in [-0.05, 0) is 24.6 Å². The van der Waals surface area contributed by atoms with Crippen LogP contribution in [0.5, 0.6) is 5.75 Å². The predicted octanol–water partition coefficient (Wildman–Crippen LogP) is 1.39. The van der Waals surface area contributed by atoms with Gasteiger partial charge >= 0.3 is 0 Å². The summed E-state index contributed by atoms with van der Waals surface area (Å²) in [6, 6.07) is 4.85. The van der Waals surface area contributed by atoms with Crippen molar-refractivity contribution in [1.29, 1.82) is 0 Å². The third kappa shape index (κ3) is 3.49. The van der Waals surface area contributed by atoms with E-state index in [-0.39, 0.29) is 17.9 Å². The van der Waals surface area contributed by atoms with Crippen molar-refractivity contribution in [3.8, 4) is 5.75 Å². The zero-order valence-electron chi connectivity index (χ0n) is 13.8. The van der Waals surface area contributed by atoms with Crippen LogP contribution in [0, 0.1) is 0 Å². The van der Waals surface area contributed by atoms with E-state index in [4.69, 9.17) is 16.3 Å². The molecule has 2 aliphatic rings. The molecule has 2 saturated heterocycles. The van der Waals surface area contributed by atoms with Crippen LogP contribution in [0.1, 0.15) is 23.7 Å². The number of hydrogen-bond acceptors (Lipinski definition) is 4. The van der Waals surface area contributed by atoms with Gasteiger partial charge < -0.3 is 15.0 Å². The molecule has 0 unspecified atom stereocenters. The molecule has 1 aromatic carbocycles. The second kappa shape index (κ2) is 7.40. The third-order valence-corrected chi connectivity index (χ3v) is 4.72. The van der Waals surface area contributed by atoms with Gasteiger partial charge in [0.2, 0.25) is 5.91 Å². The first kappa shape index (κ1) is 17.0. The Kier molecular flexibility index (Phi) is 5.26. The van der Waals surface area contributed by atoms with Crippen molar-refractivity contribution in [3.05, 3.63) is 28.8 Å². The molecule has 7 heteroatoms. The van der Waals surface area contributed by atoms with E-state index in [1.807, 2.05) is 6.92 Å². The molecular weight excluding hydrogens is 330 g/mol. The maximum absolute atomic E-state index is 12.7. The Morgan fingerprint density at radius 3 is 2.96 bits per heavy atom. The van der Waals surface area contributed by atoms with Crippen LogP contribution in [0.3, 0.4) is 0 Å². The molecule has 0 aromatic heterocycles. The number of carbonyl (C=O) groups excluding carboxylic acids is 2. The molecule has 0 bridgehead atoms. The molecule has 130 valence electrons. The van der Waals surface area contributed by atoms with Crippen molar-refractivity contribution in [3.63, 3.8) is 0 Å². The number of halogens is 1. The third-order valence-electron chi connectivity index (χ3n) is 4.42. The van der Waals surface area contributed by atoms with E-state index >= 15 is 0 Å². The minimum atomic E-state index is -0.251. The topological polar surface area (TPSA) is 61.9 Å². The van der Waals surface area contributed by atoms with Gasteiger partial charge in [0.15, 0.2) is 0 Å². The molecule has 3 rings (SSSR count). The fourth-order valence-corrected chi connectivity index (χ4v) is 3.34. The maximum Gasteiger partial charge on any atom is 0.254 e. The van der Waals surface area contributed by atoms with Crippen molar-refractivity contribution >= 4 is 23.4 Å². The highest BCUT2D eigenvalue weighted by Gasteiger charge is 2.36. The molecular formula is C17H22ClN3O3. The Balaban J connectivity index is 1.70. The van der Waals surface area contributed by atoms with E-state index < -0.39 is 0 Å². The van der Waals surface area contributed by atoms with Crippen molar-refractivity contribution in [2.45, 2.75) is 19.4 Å². The molecule has 6 nitrogen and oxygen atoms in total. The SMILES string of the molecule is CCCOc1ccc(C(=O)N2CCN3CCNC(=O)[C@H]3C2)cc1Cl. The standard InChI is InChI=1S/C17H22ClN3O3/c1-2-9-24-15-4-3-12(10-13(15)18)17(23)21-8-7-20-6-5-19-16(22)14(20)11-21/h3-4,10,14H,2,5-9,11H2,1H3,(H,19,22)/t14-/m1/s1. The predicted molar refractivity (Wildman–Crippen MR) is 91.5 cm³/mol. The highest BCUT2D eigenvalue weighted by molar-refractivity contribution is 6.32. The molecule has 0 spiro atoms. The minimum Gasteiger partial charge on any atom is -0.492 e. The fraction of sp³-hybridized carbons (Fsp3) is 0.529. The highest BCUT2D eigenvalue weighted by atomic mass is 35.5. The van der Waals surface area contributed by atoms with Crippen LogP contribution in [0.4, 0.5) is 0 Å². The van der Waals surface area contributed by atoms with Gasteiger partial charge in [0.1, 0.15) is 11.8 Å². The first-order chi connectivity index (χ1) is 11.6. The summed E-state index contributed by atoms with van der Waals surface area (Å²) in [6.45, 7) is 5.88. The Morgan fingerprint density at radius 2 is 2.21 bits per heavy atom. The second-order valence-corrected chi connectivity index (χ2v) is 6.49. The van der Waals surface area contributed by atoms with Crippen molar-refractivity contribution in [1.82, 2.24) is 15.1 Å². The van der Waals surface area contributed by atoms with Crippen molar-refractivity contribution in [2.24, 2.45) is 0 Å². The number of fused-ring (bicyclic) bond motifs is 1. The Hall–Kier alpha value is -1.79. The van der Waals surface area contributed by atoms with Gasteiger partial charge in [-0.2, -0.15) is 0 Å². The lowest BCUT2D eigenvalue weighted by atomic mass is 10.1. The fourth-order valence-electron chi connectivity index (χ4n) is 3.11. The summed E-state index contributed by atoms with van der Waals surface area (Å²) in [4.78, 5) is 28.6. The summed E-state index contributed by atoms with van der Waals surface area (Å²) in [5, 5.41) is 3.29. The Labute approximate surface area is 146 Å². The van der Waals surface area contributed by atoms with Gasteiger partial charge in [-0.25, -0.2) is 0 Å². The van der Waals surface area contributed by atoms with E-state index in [9.17, 15) is 9.59 Å². The number of rotatable bonds is 4. The summed E-state index contributed by atoms with van der Waals surface area (Å²) in [5.41, 5.74) is 0.522. The molecule has 2 amide bonds. The van der Waals surface area contributed by atoms with Gasteiger partial charge in [0.25, 0.3) is 5.91 Å². The number of amides is 2. The molecule has 0 saturated carbocycles. The van der Waals surface area contributed by atoms with Gasteiger partial charge in [0, 0.05) is 38.3 Å². The molecule has 1 aromatic rings. The lowest BCUT2D eigenvalue weighted by Crippen LogP contribution is -2.64. The second-order valence-electron chi connectivity index (χ2n) is 6.09. The molecule has 0 radical (unpaired) electrons. The van der Waals surface area contributed by atoms with Crippen LogP contribution in [-0.4, -0.2) is 67.0 Å². The zero-order valence-corrected chi connectivity index (χ0v) is 14.5. The lowest BCUT2D eigenvalue weighted by molar-refractivity contribution is -0.131. The van der Waals surface area contributed by atoms with E-state index in [0.29, 0.717) is 42.6 Å². The Morgan fingerprint density at radius 1 is 1.38 bits per heavy atom. The summed E-state index contributed by atoms with van der Waals surface area (Å²) in [6.07, 6.45) is 0.894. The molecule has 2 aliphatic heterocycles. The lowest BCUT2D eigenvalue weighted by Gasteiger charge is -2.43. The molecule has 24 heavy (non-hydrogen) atoms. The highest BCUT2D eigenvalue weighted by Crippen LogP contribution is 2.26. The van der Waals surface area contributed by atoms with Gasteiger partial charge in [0.05, 0.1) is 11.6 Å². The number of benzene rings is 1. The molecule has 0 aliphatic carbocycles. The molecule has 2 heterocycles. The number of piperazine rings is 2. The summed E-state index contributed by atoms with van der Waals surface area (Å²) in [7, 11) is 0. The van der Waals surface area contributed by atoms with Gasteiger partial charge in [-0.15, -0.1) is 0 Å². The van der Waals surface area contributed by atoms with E-state index in [2.05, 4.69) is 10.2 Å². The number of nitrogens with zero attached hydrogens (tertiary/aromatic N) is 2. The first-order valence-corrected chi connectivity index (χ1v) is 8.71. The Bertz CT molecular complexity index is 638. The molecule has 2 fully saturated rings. The smallest absolute Gasteiger partial charge is 0.254 e. The molecule has 1 N–H and O–H groups in total. The number of nitrogens with one attached hydrogen (secondary N) is 1. The monoisotopic (exact) mass is 351 g/mol. The summed E-state index contributed by atoms with van der Waals surface area (Å²) < 4.78 is 5.53. The van der Waals surface area contributed by atoms with E-state index in [0.717, 1.165) is 19.5 Å². The van der Waals surface area contributed by atoms with E-state index in [1.165, 1.54) is 0 Å². The van der Waals surface area contributed by atoms with Crippen LogP contribution in [0.25, 0.3) is 0 Å². The first-order valence-electron chi connectivity index (χ1n) is 8.33. The average molecular weight is 352 g/mol. The minimum absolute atomic E-state index is 0.0000888. The number of carbonyl (C=O) groups is 2. The maximum atomic E-state index is 12.7. The van der Waals surface area contributed by atoms with E-state index in [1.54, 1.807) is 23.1 Å². The molecule has 1 atom stereocenters. The van der Waals surface area contributed by atoms with Crippen LogP contribution < -0.4 is 10.1 Å². The van der Waals surface area contributed by atoms with Gasteiger partial charge in [-0.3, -0.25) is 14.5 Å². The number of ether oxygens (including phenoxy) is 1. The average Bonchev–Trinajstić information content (AvgIpc) is 2.60. The summed E-state index contributed by atoms with van der Waals surface area (Å²) >= 11 is 6.21. The quantitative estimate of drug-likeness (QED) is 0.890. The van der Waals surface area contributed by atoms with Crippen LogP contribution in [0.15, 0.2) is 18.2 Å². The normalized spacial score (nSPS) is 21.2. The van der Waals surface area contributed by atoms with Gasteiger partial charge in [-0.1, -0.05) is 18.5 Å². The number of hydrogen-bond donors (Lipinski definition) is 1. The largest absolute Gasteiger partial charge is 0.492 e. The summed E-state index contributed by atoms with van der Waals surface area (Å²) in [5.74, 6) is 0.489.